The lowest BCUT2D eigenvalue weighted by atomic mass is 10.1. The summed E-state index contributed by atoms with van der Waals surface area (Å²) in [6.45, 7) is 3.27. The van der Waals surface area contributed by atoms with Crippen molar-refractivity contribution >= 4 is 28.5 Å². The van der Waals surface area contributed by atoms with Crippen molar-refractivity contribution in [3.63, 3.8) is 0 Å². The van der Waals surface area contributed by atoms with Gasteiger partial charge in [-0.15, -0.1) is 0 Å². The van der Waals surface area contributed by atoms with Gasteiger partial charge in [-0.05, 0) is 29.0 Å². The van der Waals surface area contributed by atoms with E-state index in [0.29, 0.717) is 13.2 Å². The first-order chi connectivity index (χ1) is 7.72. The number of ether oxygens (including phenoxy) is 1. The van der Waals surface area contributed by atoms with E-state index in [1.54, 1.807) is 0 Å². The molecule has 2 aliphatic rings. The molecule has 1 saturated heterocycles. The van der Waals surface area contributed by atoms with Crippen LogP contribution in [0.3, 0.4) is 0 Å². The summed E-state index contributed by atoms with van der Waals surface area (Å²) in [4.78, 5) is 12.0. The van der Waals surface area contributed by atoms with Gasteiger partial charge >= 0.3 is 0 Å². The van der Waals surface area contributed by atoms with E-state index in [1.807, 2.05) is 11.6 Å². The van der Waals surface area contributed by atoms with Gasteiger partial charge in [0.05, 0.1) is 25.3 Å². The Hall–Kier alpha value is -0.630. The highest BCUT2D eigenvalue weighted by Crippen LogP contribution is 2.29. The normalized spacial score (nSPS) is 27.5. The number of nitrogens with zero attached hydrogens (tertiary/aromatic N) is 2. The highest BCUT2D eigenvalue weighted by atomic mass is 127. The quantitative estimate of drug-likeness (QED) is 0.771. The molecule has 0 aliphatic carbocycles. The molecule has 0 radical (unpaired) electrons. The highest BCUT2D eigenvalue weighted by Gasteiger charge is 2.40. The largest absolute Gasteiger partial charge is 0.377 e. The molecular formula is C10H12IN3O2. The molecule has 5 nitrogen and oxygen atoms in total. The van der Waals surface area contributed by atoms with E-state index < -0.39 is 0 Å². The third-order valence-electron chi connectivity index (χ3n) is 3.21. The van der Waals surface area contributed by atoms with Crippen LogP contribution in [0, 0.1) is 3.70 Å². The van der Waals surface area contributed by atoms with E-state index in [0.717, 1.165) is 21.4 Å². The number of halogens is 1. The molecule has 0 aromatic carbocycles. The first-order valence-electron chi connectivity index (χ1n) is 5.38. The predicted octanol–water partition coefficient (Wildman–Crippen LogP) is 0.733. The zero-order valence-corrected chi connectivity index (χ0v) is 11.0. The molecule has 0 unspecified atom stereocenters. The smallest absolute Gasteiger partial charge is 0.270 e. The lowest BCUT2D eigenvalue weighted by molar-refractivity contribution is 0.0886. The molecule has 1 aromatic rings. The average molecular weight is 333 g/mol. The molecule has 1 amide bonds. The maximum atomic E-state index is 12.0. The summed E-state index contributed by atoms with van der Waals surface area (Å²) in [7, 11) is 0. The maximum absolute atomic E-state index is 12.0. The first kappa shape index (κ1) is 10.5. The molecule has 6 heteroatoms. The monoisotopic (exact) mass is 333 g/mol. The number of nitrogens with one attached hydrogen (secondary N) is 1. The maximum Gasteiger partial charge on any atom is 0.270 e. The van der Waals surface area contributed by atoms with Crippen molar-refractivity contribution in [2.75, 3.05) is 13.2 Å². The summed E-state index contributed by atoms with van der Waals surface area (Å²) in [5.74, 6) is -0.0148. The second kappa shape index (κ2) is 3.69. The van der Waals surface area contributed by atoms with Crippen molar-refractivity contribution in [2.45, 2.75) is 25.4 Å². The predicted molar refractivity (Wildman–Crippen MR) is 65.4 cm³/mol. The fourth-order valence-electron chi connectivity index (χ4n) is 2.39. The van der Waals surface area contributed by atoms with E-state index >= 15 is 0 Å². The lowest BCUT2D eigenvalue weighted by Crippen LogP contribution is -2.47. The zero-order chi connectivity index (χ0) is 11.3. The summed E-state index contributed by atoms with van der Waals surface area (Å²) in [5, 5.41) is 7.47. The number of amides is 1. The molecule has 2 atom stereocenters. The van der Waals surface area contributed by atoms with Crippen molar-refractivity contribution < 1.29 is 9.53 Å². The number of carbonyl (C=O) groups excluding carboxylic acids is 1. The second-order valence-corrected chi connectivity index (χ2v) is 5.12. The zero-order valence-electron chi connectivity index (χ0n) is 8.86. The van der Waals surface area contributed by atoms with Crippen LogP contribution >= 0.6 is 22.6 Å². The molecule has 1 aromatic heterocycles. The van der Waals surface area contributed by atoms with Gasteiger partial charge in [-0.2, -0.15) is 5.10 Å². The first-order valence-corrected chi connectivity index (χ1v) is 6.45. The number of carbonyl (C=O) groups is 1. The van der Waals surface area contributed by atoms with E-state index in [4.69, 9.17) is 4.74 Å². The minimum atomic E-state index is -0.0148. The molecule has 16 heavy (non-hydrogen) atoms. The summed E-state index contributed by atoms with van der Waals surface area (Å²) in [6.07, 6.45) is 0.833. The third-order valence-corrected chi connectivity index (χ3v) is 4.08. The van der Waals surface area contributed by atoms with Crippen LogP contribution in [0.15, 0.2) is 0 Å². The Balaban J connectivity index is 2.16. The number of rotatable bonds is 1. The van der Waals surface area contributed by atoms with Crippen molar-refractivity contribution in [1.82, 2.24) is 15.1 Å². The minimum absolute atomic E-state index is 0.0148. The van der Waals surface area contributed by atoms with Gasteiger partial charge in [0.1, 0.15) is 9.39 Å². The Labute approximate surface area is 107 Å². The van der Waals surface area contributed by atoms with Crippen molar-refractivity contribution in [3.05, 3.63) is 15.0 Å². The molecule has 3 heterocycles. The van der Waals surface area contributed by atoms with Gasteiger partial charge in [0, 0.05) is 5.56 Å². The molecule has 86 valence electrons. The van der Waals surface area contributed by atoms with Crippen LogP contribution in [0.4, 0.5) is 0 Å². The summed E-state index contributed by atoms with van der Waals surface area (Å²) < 4.78 is 8.19. The van der Waals surface area contributed by atoms with E-state index in [9.17, 15) is 4.79 Å². The molecular weight excluding hydrogens is 321 g/mol. The molecule has 2 aliphatic heterocycles. The van der Waals surface area contributed by atoms with Gasteiger partial charge in [0.2, 0.25) is 0 Å². The van der Waals surface area contributed by atoms with Crippen LogP contribution in [0.2, 0.25) is 0 Å². The number of hydrogen-bond acceptors (Lipinski definition) is 3. The Kier molecular flexibility index (Phi) is 2.43. The van der Waals surface area contributed by atoms with Crippen molar-refractivity contribution in [2.24, 2.45) is 0 Å². The molecule has 3 rings (SSSR count). The van der Waals surface area contributed by atoms with Gasteiger partial charge in [-0.25, -0.2) is 0 Å². The minimum Gasteiger partial charge on any atom is -0.377 e. The average Bonchev–Trinajstić information content (AvgIpc) is 2.81. The van der Waals surface area contributed by atoms with Gasteiger partial charge in [-0.1, -0.05) is 6.92 Å². The van der Waals surface area contributed by atoms with E-state index in [2.05, 4.69) is 33.0 Å². The second-order valence-electron chi connectivity index (χ2n) is 4.10. The van der Waals surface area contributed by atoms with Crippen LogP contribution in [0.1, 0.15) is 29.0 Å². The summed E-state index contributed by atoms with van der Waals surface area (Å²) in [6, 6.07) is 0.252. The lowest BCUT2D eigenvalue weighted by Gasteiger charge is -2.26. The van der Waals surface area contributed by atoms with Crippen LogP contribution < -0.4 is 5.32 Å². The van der Waals surface area contributed by atoms with Gasteiger partial charge in [0.25, 0.3) is 5.91 Å². The van der Waals surface area contributed by atoms with E-state index in [-0.39, 0.29) is 18.0 Å². The van der Waals surface area contributed by atoms with Crippen LogP contribution in [0.5, 0.6) is 0 Å². The number of hydrogen-bond donors (Lipinski definition) is 1. The molecule has 1 N–H and O–H groups in total. The van der Waals surface area contributed by atoms with Crippen LogP contribution in [-0.2, 0) is 11.2 Å². The fourth-order valence-corrected chi connectivity index (χ4v) is 3.26. The highest BCUT2D eigenvalue weighted by molar-refractivity contribution is 14.1. The van der Waals surface area contributed by atoms with Gasteiger partial charge in [-0.3, -0.25) is 9.48 Å². The Morgan fingerprint density at radius 2 is 2.44 bits per heavy atom. The third kappa shape index (κ3) is 1.32. The molecule has 0 saturated carbocycles. The Bertz CT molecular complexity index is 457. The van der Waals surface area contributed by atoms with E-state index in [1.165, 1.54) is 0 Å². The van der Waals surface area contributed by atoms with Crippen LogP contribution in [-0.4, -0.2) is 34.9 Å². The van der Waals surface area contributed by atoms with Crippen LogP contribution in [0.25, 0.3) is 0 Å². The van der Waals surface area contributed by atoms with Crippen molar-refractivity contribution in [1.29, 1.82) is 0 Å². The Morgan fingerprint density at radius 3 is 3.19 bits per heavy atom. The molecule has 1 fully saturated rings. The Morgan fingerprint density at radius 1 is 1.62 bits per heavy atom. The fraction of sp³-hybridized carbons (Fsp3) is 0.600. The van der Waals surface area contributed by atoms with Gasteiger partial charge < -0.3 is 10.1 Å². The van der Waals surface area contributed by atoms with Gasteiger partial charge in [0.15, 0.2) is 0 Å². The molecule has 0 bridgehead atoms. The summed E-state index contributed by atoms with van der Waals surface area (Å²) in [5.41, 5.74) is 1.77. The number of aromatic nitrogens is 2. The summed E-state index contributed by atoms with van der Waals surface area (Å²) >= 11 is 2.19. The standard InChI is InChI=1S/C10H12IN3O2/c1-2-5-8-10(15)12-6-3-16-4-7(6)14(8)13-9(5)11/h6-7H,2-4H2,1H3,(H,12,15)/t6-,7+/m1/s1. The topological polar surface area (TPSA) is 56.2 Å². The molecule has 0 spiro atoms. The SMILES string of the molecule is CCc1c(I)nn2c1C(=O)N[C@@H]1COC[C@@H]12. The van der Waals surface area contributed by atoms with Crippen molar-refractivity contribution in [3.8, 4) is 0 Å². The number of fused-ring (bicyclic) bond motifs is 3.